The Bertz CT molecular complexity index is 570. The lowest BCUT2D eigenvalue weighted by Crippen LogP contribution is -2.18. The topological polar surface area (TPSA) is 26.0 Å². The van der Waals surface area contributed by atoms with Gasteiger partial charge in [0, 0.05) is 16.2 Å². The lowest BCUT2D eigenvalue weighted by molar-refractivity contribution is 0.731. The van der Waals surface area contributed by atoms with Crippen LogP contribution >= 0.6 is 23.4 Å². The van der Waals surface area contributed by atoms with Crippen molar-refractivity contribution in [1.82, 2.24) is 0 Å². The van der Waals surface area contributed by atoms with Gasteiger partial charge >= 0.3 is 0 Å². The fraction of sp³-hybridized carbons (Fsp3) is 0.200. The van der Waals surface area contributed by atoms with Crippen molar-refractivity contribution in [3.63, 3.8) is 0 Å². The second kappa shape index (κ2) is 4.96. The maximum Gasteiger partial charge on any atom is 0.0541 e. The average Bonchev–Trinajstić information content (AvgIpc) is 2.70. The van der Waals surface area contributed by atoms with Crippen molar-refractivity contribution in [3.05, 3.63) is 64.7 Å². The van der Waals surface area contributed by atoms with Crippen molar-refractivity contribution in [2.24, 2.45) is 5.73 Å². The molecule has 2 N–H and O–H groups in total. The lowest BCUT2D eigenvalue weighted by Gasteiger charge is -2.16. The number of hydrogen-bond donors (Lipinski definition) is 1. The van der Waals surface area contributed by atoms with Gasteiger partial charge in [0.2, 0.25) is 0 Å². The summed E-state index contributed by atoms with van der Waals surface area (Å²) in [6.45, 7) is 0. The Morgan fingerprint density at radius 2 is 1.78 bits per heavy atom. The molecule has 2 aromatic carbocycles. The van der Waals surface area contributed by atoms with Gasteiger partial charge in [0.15, 0.2) is 0 Å². The molecule has 2 atom stereocenters. The molecule has 0 spiro atoms. The van der Waals surface area contributed by atoms with Gasteiger partial charge in [-0.15, -0.1) is 11.8 Å². The summed E-state index contributed by atoms with van der Waals surface area (Å²) in [4.78, 5) is 1.12. The summed E-state index contributed by atoms with van der Waals surface area (Å²) in [6, 6.07) is 16.5. The summed E-state index contributed by atoms with van der Waals surface area (Å²) in [5.41, 5.74) is 8.97. The average molecular weight is 276 g/mol. The second-order valence-corrected chi connectivity index (χ2v) is 6.20. The Labute approximate surface area is 116 Å². The molecule has 0 aliphatic heterocycles. The highest BCUT2D eigenvalue weighted by atomic mass is 35.5. The molecule has 0 radical (unpaired) electrons. The van der Waals surface area contributed by atoms with E-state index < -0.39 is 0 Å². The van der Waals surface area contributed by atoms with Gasteiger partial charge in [-0.25, -0.2) is 0 Å². The van der Waals surface area contributed by atoms with E-state index in [0.717, 1.165) is 16.3 Å². The molecule has 0 saturated heterocycles. The van der Waals surface area contributed by atoms with Gasteiger partial charge < -0.3 is 5.73 Å². The Morgan fingerprint density at radius 1 is 1.06 bits per heavy atom. The van der Waals surface area contributed by atoms with Crippen LogP contribution in [0.5, 0.6) is 0 Å². The van der Waals surface area contributed by atoms with E-state index in [2.05, 4.69) is 30.3 Å². The van der Waals surface area contributed by atoms with Gasteiger partial charge in [-0.3, -0.25) is 0 Å². The number of halogens is 1. The van der Waals surface area contributed by atoms with Crippen LogP contribution in [0.15, 0.2) is 53.4 Å². The van der Waals surface area contributed by atoms with Crippen molar-refractivity contribution in [3.8, 4) is 0 Å². The van der Waals surface area contributed by atoms with Gasteiger partial charge in [-0.2, -0.15) is 0 Å². The molecule has 0 bridgehead atoms. The summed E-state index contributed by atoms with van der Waals surface area (Å²) >= 11 is 7.99. The third kappa shape index (κ3) is 2.16. The van der Waals surface area contributed by atoms with Crippen LogP contribution < -0.4 is 5.73 Å². The van der Waals surface area contributed by atoms with Gasteiger partial charge in [0.25, 0.3) is 0 Å². The number of fused-ring (bicyclic) bond motifs is 1. The van der Waals surface area contributed by atoms with Crippen LogP contribution in [0.4, 0.5) is 0 Å². The van der Waals surface area contributed by atoms with E-state index in [1.165, 1.54) is 11.1 Å². The molecule has 2 aromatic rings. The third-order valence-electron chi connectivity index (χ3n) is 3.35. The minimum atomic E-state index is 0.0995. The minimum absolute atomic E-state index is 0.0995. The fourth-order valence-corrected chi connectivity index (χ4v) is 3.90. The van der Waals surface area contributed by atoms with Crippen LogP contribution in [0.3, 0.4) is 0 Å². The molecule has 0 heterocycles. The Balaban J connectivity index is 1.83. The van der Waals surface area contributed by atoms with E-state index >= 15 is 0 Å². The molecule has 0 aromatic heterocycles. The summed E-state index contributed by atoms with van der Waals surface area (Å²) < 4.78 is 0. The van der Waals surface area contributed by atoms with Crippen LogP contribution in [0, 0.1) is 0 Å². The first-order chi connectivity index (χ1) is 8.75. The first-order valence-electron chi connectivity index (χ1n) is 6.00. The maximum atomic E-state index is 6.32. The van der Waals surface area contributed by atoms with Gasteiger partial charge in [-0.1, -0.05) is 48.0 Å². The fourth-order valence-electron chi connectivity index (χ4n) is 2.41. The van der Waals surface area contributed by atoms with E-state index in [4.69, 9.17) is 17.3 Å². The first-order valence-corrected chi connectivity index (χ1v) is 7.26. The smallest absolute Gasteiger partial charge is 0.0541 e. The monoisotopic (exact) mass is 275 g/mol. The molecule has 0 amide bonds. The SMILES string of the molecule is NC1c2ccccc2CC1Sc1ccccc1Cl. The van der Waals surface area contributed by atoms with Crippen molar-refractivity contribution < 1.29 is 0 Å². The molecule has 1 aliphatic rings. The largest absolute Gasteiger partial charge is 0.323 e. The highest BCUT2D eigenvalue weighted by Crippen LogP contribution is 2.41. The zero-order valence-corrected chi connectivity index (χ0v) is 11.4. The normalized spacial score (nSPS) is 21.9. The third-order valence-corrected chi connectivity index (χ3v) is 5.17. The summed E-state index contributed by atoms with van der Waals surface area (Å²) in [5, 5.41) is 1.19. The highest BCUT2D eigenvalue weighted by Gasteiger charge is 2.30. The van der Waals surface area contributed by atoms with Gasteiger partial charge in [0.1, 0.15) is 0 Å². The van der Waals surface area contributed by atoms with E-state index in [0.29, 0.717) is 5.25 Å². The molecule has 3 heteroatoms. The van der Waals surface area contributed by atoms with Crippen LogP contribution in [-0.2, 0) is 6.42 Å². The molecule has 0 saturated carbocycles. The molecule has 0 fully saturated rings. The number of rotatable bonds is 2. The lowest BCUT2D eigenvalue weighted by atomic mass is 10.1. The number of nitrogens with two attached hydrogens (primary N) is 1. The zero-order valence-electron chi connectivity index (χ0n) is 9.84. The second-order valence-electron chi connectivity index (χ2n) is 4.52. The molecular formula is C15H14ClNS. The molecule has 2 unspecified atom stereocenters. The minimum Gasteiger partial charge on any atom is -0.323 e. The van der Waals surface area contributed by atoms with Crippen LogP contribution in [0.2, 0.25) is 5.02 Å². The van der Waals surface area contributed by atoms with Crippen molar-refractivity contribution >= 4 is 23.4 Å². The molecule has 92 valence electrons. The Hall–Kier alpha value is -0.960. The van der Waals surface area contributed by atoms with Crippen LogP contribution in [0.1, 0.15) is 17.2 Å². The first kappa shape index (κ1) is 12.1. The highest BCUT2D eigenvalue weighted by molar-refractivity contribution is 8.00. The van der Waals surface area contributed by atoms with E-state index in [1.54, 1.807) is 11.8 Å². The predicted octanol–water partition coefficient (Wildman–Crippen LogP) is 4.06. The summed E-state index contributed by atoms with van der Waals surface area (Å²) in [5.74, 6) is 0. The van der Waals surface area contributed by atoms with Crippen LogP contribution in [-0.4, -0.2) is 5.25 Å². The number of thioether (sulfide) groups is 1. The van der Waals surface area contributed by atoms with Crippen LogP contribution in [0.25, 0.3) is 0 Å². The molecule has 1 nitrogen and oxygen atoms in total. The molecular weight excluding hydrogens is 262 g/mol. The predicted molar refractivity (Wildman–Crippen MR) is 78.2 cm³/mol. The zero-order chi connectivity index (χ0) is 12.5. The standard InChI is InChI=1S/C15H14ClNS/c16-12-7-3-4-8-13(12)18-14-9-10-5-1-2-6-11(10)15(14)17/h1-8,14-15H,9,17H2. The number of benzene rings is 2. The van der Waals surface area contributed by atoms with E-state index in [-0.39, 0.29) is 6.04 Å². The molecule has 3 rings (SSSR count). The van der Waals surface area contributed by atoms with E-state index in [9.17, 15) is 0 Å². The van der Waals surface area contributed by atoms with Crippen molar-refractivity contribution in [1.29, 1.82) is 0 Å². The van der Waals surface area contributed by atoms with Crippen molar-refractivity contribution in [2.75, 3.05) is 0 Å². The van der Waals surface area contributed by atoms with E-state index in [1.807, 2.05) is 18.2 Å². The van der Waals surface area contributed by atoms with Gasteiger partial charge in [0.05, 0.1) is 5.02 Å². The quantitative estimate of drug-likeness (QED) is 0.895. The molecule has 18 heavy (non-hydrogen) atoms. The maximum absolute atomic E-state index is 6.32. The Morgan fingerprint density at radius 3 is 2.56 bits per heavy atom. The van der Waals surface area contributed by atoms with Gasteiger partial charge in [-0.05, 0) is 29.7 Å². The summed E-state index contributed by atoms with van der Waals surface area (Å²) in [7, 11) is 0. The molecule has 1 aliphatic carbocycles. The summed E-state index contributed by atoms with van der Waals surface area (Å²) in [6.07, 6.45) is 1.02. The number of hydrogen-bond acceptors (Lipinski definition) is 2. The van der Waals surface area contributed by atoms with Crippen molar-refractivity contribution in [2.45, 2.75) is 22.6 Å². The Kier molecular flexibility index (Phi) is 3.33.